The average molecular weight is 346 g/mol. The Kier molecular flexibility index (Phi) is 5.56. The molecule has 0 unspecified atom stereocenters. The molecule has 0 saturated heterocycles. The van der Waals surface area contributed by atoms with Crippen molar-refractivity contribution in [3.8, 4) is 5.75 Å². The van der Waals surface area contributed by atoms with Gasteiger partial charge in [0.15, 0.2) is 6.61 Å². The molecule has 0 saturated carbocycles. The van der Waals surface area contributed by atoms with Crippen molar-refractivity contribution >= 4 is 12.1 Å². The van der Waals surface area contributed by atoms with Gasteiger partial charge in [-0.15, -0.1) is 0 Å². The number of amides is 1. The largest absolute Gasteiger partial charge is 0.484 e. The van der Waals surface area contributed by atoms with Gasteiger partial charge in [0.25, 0.3) is 5.91 Å². The first kappa shape index (κ1) is 18.6. The van der Waals surface area contributed by atoms with Gasteiger partial charge in [0, 0.05) is 7.05 Å². The predicted octanol–water partition coefficient (Wildman–Crippen LogP) is 2.69. The number of nitrogens with one attached hydrogen (secondary N) is 1. The number of halogens is 1. The van der Waals surface area contributed by atoms with E-state index in [2.05, 4.69) is 36.4 Å². The lowest BCUT2D eigenvalue weighted by molar-refractivity contribution is -0.123. The molecule has 0 atom stereocenters. The monoisotopic (exact) mass is 346 g/mol. The smallest absolute Gasteiger partial charge is 0.277 e. The number of rotatable bonds is 5. The van der Waals surface area contributed by atoms with E-state index >= 15 is 0 Å². The molecule has 0 spiro atoms. The van der Waals surface area contributed by atoms with Crippen LogP contribution in [0.3, 0.4) is 0 Å². The van der Waals surface area contributed by atoms with Crippen molar-refractivity contribution < 1.29 is 13.9 Å². The van der Waals surface area contributed by atoms with Crippen LogP contribution in [0.5, 0.6) is 5.75 Å². The Bertz CT molecular complexity index is 774. The highest BCUT2D eigenvalue weighted by Crippen LogP contribution is 2.24. The lowest BCUT2D eigenvalue weighted by Gasteiger charge is -2.19. The molecule has 0 bridgehead atoms. The minimum Gasteiger partial charge on any atom is -0.484 e. The third-order valence-electron chi connectivity index (χ3n) is 3.67. The molecule has 1 N–H and O–H groups in total. The molecule has 1 aromatic heterocycles. The minimum atomic E-state index is -0.509. The fourth-order valence-corrected chi connectivity index (χ4v) is 2.19. The topological polar surface area (TPSA) is 68.5 Å². The van der Waals surface area contributed by atoms with Crippen LogP contribution in [-0.4, -0.2) is 28.5 Å². The summed E-state index contributed by atoms with van der Waals surface area (Å²) in [4.78, 5) is 11.7. The van der Waals surface area contributed by atoms with Gasteiger partial charge in [-0.3, -0.25) is 4.79 Å². The predicted molar refractivity (Wildman–Crippen MR) is 94.3 cm³/mol. The minimum absolute atomic E-state index is 0.0598. The SMILES string of the molecule is Cc1nn(C)c(F)c1/C=N/NC(=O)COc1ccc(C(C)(C)C)cc1. The second-order valence-corrected chi connectivity index (χ2v) is 6.77. The van der Waals surface area contributed by atoms with Gasteiger partial charge in [-0.25, -0.2) is 10.1 Å². The number of hydrazone groups is 1. The molecule has 2 aromatic rings. The standard InChI is InChI=1S/C18H23FN4O2/c1-12-15(17(19)23(5)22-12)10-20-21-16(24)11-25-14-8-6-13(7-9-14)18(2,3)4/h6-10H,11H2,1-5H3,(H,21,24)/b20-10+. The number of aromatic nitrogens is 2. The molecule has 7 heteroatoms. The van der Waals surface area contributed by atoms with Crippen molar-refractivity contribution in [2.24, 2.45) is 12.1 Å². The molecule has 0 radical (unpaired) electrons. The van der Waals surface area contributed by atoms with Crippen molar-refractivity contribution in [1.82, 2.24) is 15.2 Å². The molecule has 0 aliphatic rings. The number of aryl methyl sites for hydroxylation is 2. The number of hydrogen-bond donors (Lipinski definition) is 1. The van der Waals surface area contributed by atoms with Gasteiger partial charge in [-0.05, 0) is 30.0 Å². The van der Waals surface area contributed by atoms with Gasteiger partial charge in [0.2, 0.25) is 5.95 Å². The first-order valence-electron chi connectivity index (χ1n) is 7.93. The second-order valence-electron chi connectivity index (χ2n) is 6.77. The molecule has 25 heavy (non-hydrogen) atoms. The van der Waals surface area contributed by atoms with Gasteiger partial charge in [0.1, 0.15) is 5.75 Å². The van der Waals surface area contributed by atoms with Crippen molar-refractivity contribution in [3.05, 3.63) is 47.0 Å². The van der Waals surface area contributed by atoms with Crippen LogP contribution in [0.4, 0.5) is 4.39 Å². The summed E-state index contributed by atoms with van der Waals surface area (Å²) < 4.78 is 20.2. The van der Waals surface area contributed by atoms with E-state index in [0.717, 1.165) is 4.68 Å². The molecule has 6 nitrogen and oxygen atoms in total. The molecule has 0 aliphatic heterocycles. The third-order valence-corrected chi connectivity index (χ3v) is 3.67. The fourth-order valence-electron chi connectivity index (χ4n) is 2.19. The van der Waals surface area contributed by atoms with Crippen molar-refractivity contribution in [2.45, 2.75) is 33.1 Å². The summed E-state index contributed by atoms with van der Waals surface area (Å²) in [6, 6.07) is 7.59. The summed E-state index contributed by atoms with van der Waals surface area (Å²) in [5.41, 5.74) is 4.28. The van der Waals surface area contributed by atoms with E-state index in [0.29, 0.717) is 11.4 Å². The van der Waals surface area contributed by atoms with E-state index in [1.165, 1.54) is 18.8 Å². The Labute approximate surface area is 146 Å². The first-order chi connectivity index (χ1) is 11.7. The normalized spacial score (nSPS) is 11.8. The van der Waals surface area contributed by atoms with Crippen LogP contribution in [0.15, 0.2) is 29.4 Å². The molecule has 134 valence electrons. The van der Waals surface area contributed by atoms with Gasteiger partial charge >= 0.3 is 0 Å². The fraction of sp³-hybridized carbons (Fsp3) is 0.389. The van der Waals surface area contributed by atoms with Crippen LogP contribution in [0.2, 0.25) is 0 Å². The molecule has 0 fully saturated rings. The van der Waals surface area contributed by atoms with Crippen molar-refractivity contribution in [2.75, 3.05) is 6.61 Å². The van der Waals surface area contributed by atoms with Crippen LogP contribution >= 0.6 is 0 Å². The first-order valence-corrected chi connectivity index (χ1v) is 7.93. The Morgan fingerprint density at radius 3 is 2.52 bits per heavy atom. The summed E-state index contributed by atoms with van der Waals surface area (Å²) in [6.45, 7) is 7.86. The van der Waals surface area contributed by atoms with Gasteiger partial charge in [0.05, 0.1) is 17.5 Å². The lowest BCUT2D eigenvalue weighted by atomic mass is 9.87. The van der Waals surface area contributed by atoms with Crippen LogP contribution in [0.1, 0.15) is 37.6 Å². The highest BCUT2D eigenvalue weighted by molar-refractivity contribution is 5.83. The Hall–Kier alpha value is -2.70. The zero-order chi connectivity index (χ0) is 18.6. The number of carbonyl (C=O) groups excluding carboxylic acids is 1. The highest BCUT2D eigenvalue weighted by Gasteiger charge is 2.13. The summed E-state index contributed by atoms with van der Waals surface area (Å²) in [7, 11) is 1.50. The molecule has 2 rings (SSSR count). The summed E-state index contributed by atoms with van der Waals surface area (Å²) in [5.74, 6) is -0.343. The van der Waals surface area contributed by atoms with E-state index in [9.17, 15) is 9.18 Å². The number of ether oxygens (including phenoxy) is 1. The third kappa shape index (κ3) is 4.89. The molecular weight excluding hydrogens is 323 g/mol. The van der Waals surface area contributed by atoms with E-state index in [1.807, 2.05) is 24.3 Å². The maximum absolute atomic E-state index is 13.7. The second kappa shape index (κ2) is 7.46. The average Bonchev–Trinajstić information content (AvgIpc) is 2.78. The van der Waals surface area contributed by atoms with Gasteiger partial charge < -0.3 is 4.74 Å². The molecule has 1 heterocycles. The highest BCUT2D eigenvalue weighted by atomic mass is 19.1. The quantitative estimate of drug-likeness (QED) is 0.668. The van der Waals surface area contributed by atoms with Crippen molar-refractivity contribution in [1.29, 1.82) is 0 Å². The van der Waals surface area contributed by atoms with Crippen LogP contribution in [-0.2, 0) is 17.3 Å². The molecule has 1 amide bonds. The number of nitrogens with zero attached hydrogens (tertiary/aromatic N) is 3. The van der Waals surface area contributed by atoms with Crippen LogP contribution in [0, 0.1) is 12.9 Å². The van der Waals surface area contributed by atoms with Crippen LogP contribution < -0.4 is 10.2 Å². The van der Waals surface area contributed by atoms with E-state index in [4.69, 9.17) is 4.74 Å². The summed E-state index contributed by atoms with van der Waals surface area (Å²) in [6.07, 6.45) is 1.23. The Balaban J connectivity index is 1.85. The Morgan fingerprint density at radius 2 is 2.00 bits per heavy atom. The molecule has 0 aliphatic carbocycles. The van der Waals surface area contributed by atoms with Crippen LogP contribution in [0.25, 0.3) is 0 Å². The summed E-state index contributed by atoms with van der Waals surface area (Å²) >= 11 is 0. The van der Waals surface area contributed by atoms with E-state index in [-0.39, 0.29) is 17.6 Å². The maximum Gasteiger partial charge on any atom is 0.277 e. The number of hydrogen-bond acceptors (Lipinski definition) is 4. The number of benzene rings is 1. The van der Waals surface area contributed by atoms with E-state index in [1.54, 1.807) is 6.92 Å². The number of carbonyl (C=O) groups is 1. The Morgan fingerprint density at radius 1 is 1.36 bits per heavy atom. The van der Waals surface area contributed by atoms with E-state index < -0.39 is 11.9 Å². The zero-order valence-corrected chi connectivity index (χ0v) is 15.1. The molecule has 1 aromatic carbocycles. The lowest BCUT2D eigenvalue weighted by Crippen LogP contribution is -2.24. The zero-order valence-electron chi connectivity index (χ0n) is 15.1. The summed E-state index contributed by atoms with van der Waals surface area (Å²) in [5, 5.41) is 7.66. The maximum atomic E-state index is 13.7. The van der Waals surface area contributed by atoms with Gasteiger partial charge in [-0.1, -0.05) is 32.9 Å². The van der Waals surface area contributed by atoms with Gasteiger partial charge in [-0.2, -0.15) is 14.6 Å². The van der Waals surface area contributed by atoms with Crippen molar-refractivity contribution in [3.63, 3.8) is 0 Å². The molecular formula is C18H23FN4O2.